The van der Waals surface area contributed by atoms with Gasteiger partial charge in [-0.25, -0.2) is 18.5 Å². The Hall–Kier alpha value is -2.22. The molecule has 0 amide bonds. The van der Waals surface area contributed by atoms with E-state index in [4.69, 9.17) is 4.74 Å². The normalized spacial score (nSPS) is 16.9. The molecule has 0 saturated heterocycles. The Bertz CT molecular complexity index is 866. The second-order valence-corrected chi connectivity index (χ2v) is 6.31. The van der Waals surface area contributed by atoms with E-state index in [0.717, 1.165) is 12.0 Å². The zero-order valence-corrected chi connectivity index (χ0v) is 14.9. The Morgan fingerprint density at radius 1 is 1.15 bits per heavy atom. The lowest BCUT2D eigenvalue weighted by atomic mass is 9.92. The van der Waals surface area contributed by atoms with Gasteiger partial charge in [0.25, 0.3) is 0 Å². The average Bonchev–Trinajstić information content (AvgIpc) is 2.97. The largest absolute Gasteiger partial charge is 0.454 e. The highest BCUT2D eigenvalue weighted by atomic mass is 32.2. The van der Waals surface area contributed by atoms with Gasteiger partial charge in [0.15, 0.2) is 0 Å². The first-order valence-electron chi connectivity index (χ1n) is 7.93. The van der Waals surface area contributed by atoms with E-state index in [1.54, 1.807) is 12.1 Å². The molecule has 0 fully saturated rings. The number of carbonyl (C=O) groups excluding carboxylic acids is 1. The fourth-order valence-electron chi connectivity index (χ4n) is 2.86. The van der Waals surface area contributed by atoms with Gasteiger partial charge < -0.3 is 4.74 Å². The lowest BCUT2D eigenvalue weighted by molar-refractivity contribution is -0.160. The highest BCUT2D eigenvalue weighted by molar-refractivity contribution is 7.94. The van der Waals surface area contributed by atoms with Crippen molar-refractivity contribution in [2.75, 3.05) is 7.11 Å². The first kappa shape index (κ1) is 18.6. The Balaban J connectivity index is 2.11. The monoisotopic (exact) mass is 378 g/mol. The van der Waals surface area contributed by atoms with Crippen LogP contribution >= 0.6 is 12.0 Å². The minimum Gasteiger partial charge on any atom is -0.454 e. The zero-order chi connectivity index (χ0) is 18.7. The molecular formula is C19H16F2O4S. The lowest BCUT2D eigenvalue weighted by Gasteiger charge is -2.13. The molecule has 0 aromatic heterocycles. The van der Waals surface area contributed by atoms with E-state index < -0.39 is 23.7 Å². The molecule has 26 heavy (non-hydrogen) atoms. The summed E-state index contributed by atoms with van der Waals surface area (Å²) in [4.78, 5) is 17.1. The first-order valence-corrected chi connectivity index (χ1v) is 8.67. The Labute approximate surface area is 153 Å². The molecule has 1 heterocycles. The maximum atomic E-state index is 14.4. The summed E-state index contributed by atoms with van der Waals surface area (Å²) in [5.41, 5.74) is 1.71. The van der Waals surface area contributed by atoms with E-state index in [1.165, 1.54) is 37.4 Å². The van der Waals surface area contributed by atoms with Gasteiger partial charge in [-0.2, -0.15) is 4.33 Å². The molecule has 1 aliphatic heterocycles. The predicted octanol–water partition coefficient (Wildman–Crippen LogP) is 4.80. The number of halogens is 2. The molecule has 136 valence electrons. The summed E-state index contributed by atoms with van der Waals surface area (Å²) in [5.74, 6) is -1.53. The quantitative estimate of drug-likeness (QED) is 0.313. The van der Waals surface area contributed by atoms with Gasteiger partial charge in [0, 0.05) is 5.57 Å². The van der Waals surface area contributed by atoms with Crippen LogP contribution < -0.4 is 0 Å². The van der Waals surface area contributed by atoms with Gasteiger partial charge in [-0.1, -0.05) is 25.1 Å². The highest BCUT2D eigenvalue weighted by Crippen LogP contribution is 2.39. The van der Waals surface area contributed by atoms with Crippen LogP contribution in [0.1, 0.15) is 24.5 Å². The summed E-state index contributed by atoms with van der Waals surface area (Å²) < 4.78 is 38.1. The standard InChI is InChI=1S/C19H16F2O4S/c1-3-15-17(12-7-8-16(14(21)10-12)26-25-23-2)18(19(22)24-15)11-5-4-6-13(20)9-11/h4-10,15H,3H2,1-2H3. The summed E-state index contributed by atoms with van der Waals surface area (Å²) in [5, 5.41) is 0. The molecule has 0 N–H and O–H groups in total. The average molecular weight is 378 g/mol. The highest BCUT2D eigenvalue weighted by Gasteiger charge is 2.35. The van der Waals surface area contributed by atoms with Crippen molar-refractivity contribution >= 4 is 29.2 Å². The van der Waals surface area contributed by atoms with E-state index in [0.29, 0.717) is 23.1 Å². The number of rotatable bonds is 6. The van der Waals surface area contributed by atoms with Crippen molar-refractivity contribution in [1.82, 2.24) is 0 Å². The van der Waals surface area contributed by atoms with Crippen molar-refractivity contribution < 1.29 is 27.5 Å². The van der Waals surface area contributed by atoms with Crippen molar-refractivity contribution in [3.8, 4) is 0 Å². The van der Waals surface area contributed by atoms with Crippen LogP contribution in [0.5, 0.6) is 0 Å². The van der Waals surface area contributed by atoms with Crippen molar-refractivity contribution in [3.63, 3.8) is 0 Å². The van der Waals surface area contributed by atoms with Crippen LogP contribution in [-0.4, -0.2) is 19.2 Å². The maximum absolute atomic E-state index is 14.4. The number of hydrogen-bond donors (Lipinski definition) is 0. The van der Waals surface area contributed by atoms with Gasteiger partial charge >= 0.3 is 5.97 Å². The van der Waals surface area contributed by atoms with E-state index in [1.807, 2.05) is 6.92 Å². The predicted molar refractivity (Wildman–Crippen MR) is 93.7 cm³/mol. The van der Waals surface area contributed by atoms with Crippen LogP contribution in [-0.2, 0) is 18.8 Å². The minimum atomic E-state index is -0.543. The van der Waals surface area contributed by atoms with Gasteiger partial charge in [-0.3, -0.25) is 0 Å². The summed E-state index contributed by atoms with van der Waals surface area (Å²) in [6.45, 7) is 1.86. The molecule has 0 aliphatic carbocycles. The van der Waals surface area contributed by atoms with Gasteiger partial charge in [-0.05, 0) is 41.8 Å². The van der Waals surface area contributed by atoms with Gasteiger partial charge in [0.1, 0.15) is 17.7 Å². The van der Waals surface area contributed by atoms with Gasteiger partial charge in [-0.15, -0.1) is 0 Å². The summed E-state index contributed by atoms with van der Waals surface area (Å²) in [6, 6.07) is 10.2. The van der Waals surface area contributed by atoms with Crippen molar-refractivity contribution in [1.29, 1.82) is 0 Å². The second kappa shape index (κ2) is 7.99. The molecule has 1 unspecified atom stereocenters. The van der Waals surface area contributed by atoms with Crippen LogP contribution in [0.2, 0.25) is 0 Å². The van der Waals surface area contributed by atoms with Crippen molar-refractivity contribution in [3.05, 3.63) is 65.2 Å². The molecule has 0 saturated carbocycles. The molecule has 3 rings (SSSR count). The second-order valence-electron chi connectivity index (χ2n) is 5.56. The number of esters is 1. The van der Waals surface area contributed by atoms with Gasteiger partial charge in [0.05, 0.1) is 29.6 Å². The summed E-state index contributed by atoms with van der Waals surface area (Å²) in [7, 11) is 1.32. The van der Waals surface area contributed by atoms with Crippen LogP contribution in [0.25, 0.3) is 11.1 Å². The lowest BCUT2D eigenvalue weighted by Crippen LogP contribution is -2.09. The van der Waals surface area contributed by atoms with Crippen LogP contribution in [0.15, 0.2) is 47.4 Å². The minimum absolute atomic E-state index is 0.238. The fraction of sp³-hybridized carbons (Fsp3) is 0.211. The molecule has 0 spiro atoms. The molecule has 1 atom stereocenters. The molecule has 2 aromatic rings. The smallest absolute Gasteiger partial charge is 0.339 e. The Morgan fingerprint density at radius 3 is 2.62 bits per heavy atom. The van der Waals surface area contributed by atoms with Crippen LogP contribution in [0.4, 0.5) is 8.78 Å². The number of cyclic esters (lactones) is 1. The maximum Gasteiger partial charge on any atom is 0.339 e. The van der Waals surface area contributed by atoms with E-state index in [2.05, 4.69) is 9.22 Å². The molecule has 4 nitrogen and oxygen atoms in total. The SMILES string of the molecule is CCC1OC(=O)C(c2cccc(F)c2)=C1c1ccc(SOOC)c(F)c1. The molecular weight excluding hydrogens is 362 g/mol. The van der Waals surface area contributed by atoms with Crippen molar-refractivity contribution in [2.45, 2.75) is 24.3 Å². The number of benzene rings is 2. The van der Waals surface area contributed by atoms with Crippen molar-refractivity contribution in [2.24, 2.45) is 0 Å². The molecule has 0 bridgehead atoms. The molecule has 7 heteroatoms. The molecule has 0 radical (unpaired) electrons. The topological polar surface area (TPSA) is 44.8 Å². The Morgan fingerprint density at radius 2 is 1.96 bits per heavy atom. The van der Waals surface area contributed by atoms with E-state index in [-0.39, 0.29) is 10.5 Å². The first-order chi connectivity index (χ1) is 12.5. The third kappa shape index (κ3) is 3.65. The van der Waals surface area contributed by atoms with Crippen LogP contribution in [0, 0.1) is 11.6 Å². The fourth-order valence-corrected chi connectivity index (χ4v) is 3.26. The summed E-state index contributed by atoms with van der Waals surface area (Å²) in [6.07, 6.45) is -0.000895. The number of carbonyl (C=O) groups is 1. The third-order valence-electron chi connectivity index (χ3n) is 3.96. The molecule has 2 aromatic carbocycles. The third-order valence-corrected chi connectivity index (χ3v) is 4.68. The van der Waals surface area contributed by atoms with Crippen LogP contribution in [0.3, 0.4) is 0 Å². The number of hydrogen-bond acceptors (Lipinski definition) is 5. The summed E-state index contributed by atoms with van der Waals surface area (Å²) >= 11 is 0.743. The molecule has 1 aliphatic rings. The van der Waals surface area contributed by atoms with E-state index >= 15 is 0 Å². The number of ether oxygens (including phenoxy) is 1. The Kier molecular flexibility index (Phi) is 5.70. The van der Waals surface area contributed by atoms with E-state index in [9.17, 15) is 13.6 Å². The van der Waals surface area contributed by atoms with Gasteiger partial charge in [0.2, 0.25) is 0 Å². The zero-order valence-electron chi connectivity index (χ0n) is 14.1.